The van der Waals surface area contributed by atoms with E-state index in [0.717, 1.165) is 17.5 Å². The number of hydrogen-bond acceptors (Lipinski definition) is 5. The number of ether oxygens (including phenoxy) is 1. The second kappa shape index (κ2) is 9.44. The minimum Gasteiger partial charge on any atom is -0.468 e. The molecule has 1 aliphatic rings. The zero-order valence-corrected chi connectivity index (χ0v) is 17.2. The van der Waals surface area contributed by atoms with E-state index in [4.69, 9.17) is 4.74 Å². The van der Waals surface area contributed by atoms with Crippen LogP contribution in [0.15, 0.2) is 65.2 Å². The highest BCUT2D eigenvalue weighted by Crippen LogP contribution is 2.40. The van der Waals surface area contributed by atoms with Gasteiger partial charge in [-0.2, -0.15) is 5.26 Å². The zero-order chi connectivity index (χ0) is 20.8. The largest absolute Gasteiger partial charge is 0.468 e. The molecule has 0 radical (unpaired) electrons. The number of benzene rings is 2. The molecule has 0 saturated heterocycles. The maximum absolute atomic E-state index is 12.8. The van der Waals surface area contributed by atoms with Gasteiger partial charge in [0, 0.05) is 11.7 Å². The summed E-state index contributed by atoms with van der Waals surface area (Å²) < 4.78 is 4.86. The lowest BCUT2D eigenvalue weighted by molar-refractivity contribution is -0.150. The Hall–Kier alpha value is -3.04. The number of rotatable bonds is 6. The van der Waals surface area contributed by atoms with Crippen molar-refractivity contribution in [1.29, 1.82) is 5.26 Å². The summed E-state index contributed by atoms with van der Waals surface area (Å²) in [6, 6.07) is 19.8. The van der Waals surface area contributed by atoms with Crippen LogP contribution in [0.2, 0.25) is 0 Å². The third-order valence-corrected chi connectivity index (χ3v) is 5.92. The van der Waals surface area contributed by atoms with Crippen molar-refractivity contribution in [2.75, 3.05) is 12.9 Å². The minimum absolute atomic E-state index is 0.391. The fourth-order valence-electron chi connectivity index (χ4n) is 3.37. The summed E-state index contributed by atoms with van der Waals surface area (Å²) in [6.45, 7) is 1.96. The third-order valence-electron chi connectivity index (χ3n) is 4.90. The van der Waals surface area contributed by atoms with Gasteiger partial charge in [-0.05, 0) is 24.5 Å². The molecule has 0 saturated carbocycles. The summed E-state index contributed by atoms with van der Waals surface area (Å²) in [5.74, 6) is -2.14. The molecular weight excluding hydrogens is 384 g/mol. The second-order valence-corrected chi connectivity index (χ2v) is 7.92. The van der Waals surface area contributed by atoms with E-state index in [1.807, 2.05) is 61.5 Å². The lowest BCUT2D eigenvalue weighted by Gasteiger charge is -2.31. The number of allylic oxidation sites excluding steroid dienone is 1. The number of carbonyl (C=O) groups excluding carboxylic acids is 2. The Balaban J connectivity index is 1.93. The van der Waals surface area contributed by atoms with Crippen LogP contribution in [0, 0.1) is 24.2 Å². The maximum Gasteiger partial charge on any atom is 0.319 e. The summed E-state index contributed by atoms with van der Waals surface area (Å²) >= 11 is 1.42. The van der Waals surface area contributed by atoms with Crippen molar-refractivity contribution in [2.24, 2.45) is 5.92 Å². The number of carbonyl (C=O) groups is 2. The number of nitriles is 1. The number of methoxy groups -OCH3 is 1. The molecule has 3 rings (SSSR count). The van der Waals surface area contributed by atoms with Crippen molar-refractivity contribution in [3.63, 3.8) is 0 Å². The predicted molar refractivity (Wildman–Crippen MR) is 113 cm³/mol. The second-order valence-electron chi connectivity index (χ2n) is 6.82. The minimum atomic E-state index is -1.09. The molecule has 2 aromatic rings. The van der Waals surface area contributed by atoms with Gasteiger partial charge in [-0.15, -0.1) is 11.8 Å². The van der Waals surface area contributed by atoms with E-state index in [0.29, 0.717) is 16.4 Å². The van der Waals surface area contributed by atoms with Crippen LogP contribution in [0.25, 0.3) is 0 Å². The Morgan fingerprint density at radius 2 is 1.86 bits per heavy atom. The average Bonchev–Trinajstić information content (AvgIpc) is 2.74. The van der Waals surface area contributed by atoms with Crippen molar-refractivity contribution < 1.29 is 14.3 Å². The summed E-state index contributed by atoms with van der Waals surface area (Å²) in [5.41, 5.74) is 3.38. The Morgan fingerprint density at radius 3 is 2.48 bits per heavy atom. The zero-order valence-electron chi connectivity index (χ0n) is 16.3. The van der Waals surface area contributed by atoms with Gasteiger partial charge >= 0.3 is 5.97 Å². The SMILES string of the molecule is COC(=O)[C@@H]1C(=O)NC(SCCc2ccccc2)=C(C#N)[C@@H]1c1ccc(C)cc1. The molecule has 2 atom stereocenters. The van der Waals surface area contributed by atoms with Gasteiger partial charge in [0.05, 0.1) is 23.8 Å². The van der Waals surface area contributed by atoms with Gasteiger partial charge in [0.25, 0.3) is 0 Å². The van der Waals surface area contributed by atoms with Gasteiger partial charge in [0.2, 0.25) is 5.91 Å². The number of aryl methyl sites for hydroxylation is 2. The van der Waals surface area contributed by atoms with Gasteiger partial charge in [0.15, 0.2) is 0 Å². The summed E-state index contributed by atoms with van der Waals surface area (Å²) in [7, 11) is 1.25. The van der Waals surface area contributed by atoms with E-state index in [1.54, 1.807) is 0 Å². The summed E-state index contributed by atoms with van der Waals surface area (Å²) in [4.78, 5) is 25.2. The molecule has 0 fully saturated rings. The molecule has 1 heterocycles. The van der Waals surface area contributed by atoms with E-state index in [-0.39, 0.29) is 0 Å². The number of esters is 1. The molecule has 0 aromatic heterocycles. The Morgan fingerprint density at radius 1 is 1.17 bits per heavy atom. The van der Waals surface area contributed by atoms with E-state index in [1.165, 1.54) is 24.4 Å². The van der Waals surface area contributed by atoms with Crippen LogP contribution in [0.3, 0.4) is 0 Å². The smallest absolute Gasteiger partial charge is 0.319 e. The Labute approximate surface area is 174 Å². The van der Waals surface area contributed by atoms with Crippen LogP contribution < -0.4 is 5.32 Å². The predicted octanol–water partition coefficient (Wildman–Crippen LogP) is 3.71. The Kier molecular flexibility index (Phi) is 6.73. The molecule has 6 heteroatoms. The van der Waals surface area contributed by atoms with Crippen molar-refractivity contribution in [3.05, 3.63) is 81.9 Å². The first-order valence-electron chi connectivity index (χ1n) is 9.31. The standard InChI is InChI=1S/C23H22N2O3S/c1-15-8-10-17(11-9-15)19-18(14-24)22(25-21(26)20(19)23(27)28-2)29-13-12-16-6-4-3-5-7-16/h3-11,19-20H,12-13H2,1-2H3,(H,25,26)/t19-,20-/m0/s1. The first-order chi connectivity index (χ1) is 14.0. The van der Waals surface area contributed by atoms with Crippen LogP contribution in [-0.2, 0) is 20.7 Å². The Bertz CT molecular complexity index is 962. The fraction of sp³-hybridized carbons (Fsp3) is 0.261. The monoisotopic (exact) mass is 406 g/mol. The topological polar surface area (TPSA) is 79.2 Å². The summed E-state index contributed by atoms with van der Waals surface area (Å²) in [5, 5.41) is 13.2. The summed E-state index contributed by atoms with van der Waals surface area (Å²) in [6.07, 6.45) is 0.805. The van der Waals surface area contributed by atoms with Gasteiger partial charge in [-0.3, -0.25) is 9.59 Å². The molecule has 5 nitrogen and oxygen atoms in total. The fourth-order valence-corrected chi connectivity index (χ4v) is 4.41. The highest BCUT2D eigenvalue weighted by molar-refractivity contribution is 8.03. The van der Waals surface area contributed by atoms with Crippen LogP contribution in [0.1, 0.15) is 22.6 Å². The van der Waals surface area contributed by atoms with E-state index in [9.17, 15) is 14.9 Å². The van der Waals surface area contributed by atoms with Crippen LogP contribution >= 0.6 is 11.8 Å². The van der Waals surface area contributed by atoms with E-state index < -0.39 is 23.7 Å². The van der Waals surface area contributed by atoms with E-state index in [2.05, 4.69) is 11.4 Å². The van der Waals surface area contributed by atoms with Crippen LogP contribution in [-0.4, -0.2) is 24.7 Å². The van der Waals surface area contributed by atoms with Gasteiger partial charge in [0.1, 0.15) is 5.92 Å². The first kappa shape index (κ1) is 20.7. The molecule has 0 aliphatic carbocycles. The molecule has 1 aliphatic heterocycles. The third kappa shape index (κ3) is 4.69. The maximum atomic E-state index is 12.8. The number of amides is 1. The van der Waals surface area contributed by atoms with Gasteiger partial charge in [-0.1, -0.05) is 60.2 Å². The van der Waals surface area contributed by atoms with Gasteiger partial charge < -0.3 is 10.1 Å². The molecule has 29 heavy (non-hydrogen) atoms. The number of thioether (sulfide) groups is 1. The highest BCUT2D eigenvalue weighted by Gasteiger charge is 2.44. The average molecular weight is 407 g/mol. The molecule has 148 valence electrons. The normalized spacial score (nSPS) is 18.7. The van der Waals surface area contributed by atoms with Gasteiger partial charge in [-0.25, -0.2) is 0 Å². The lowest BCUT2D eigenvalue weighted by atomic mass is 9.78. The van der Waals surface area contributed by atoms with Crippen molar-refractivity contribution in [1.82, 2.24) is 5.32 Å². The highest BCUT2D eigenvalue weighted by atomic mass is 32.2. The molecule has 1 N–H and O–H groups in total. The number of nitrogens with zero attached hydrogens (tertiary/aromatic N) is 1. The van der Waals surface area contributed by atoms with E-state index >= 15 is 0 Å². The lowest BCUT2D eigenvalue weighted by Crippen LogP contribution is -2.44. The molecule has 2 aromatic carbocycles. The first-order valence-corrected chi connectivity index (χ1v) is 10.3. The van der Waals surface area contributed by atoms with Crippen LogP contribution in [0.5, 0.6) is 0 Å². The number of hydrogen-bond donors (Lipinski definition) is 1. The molecule has 0 bridgehead atoms. The van der Waals surface area contributed by atoms with Crippen molar-refractivity contribution in [2.45, 2.75) is 19.3 Å². The van der Waals surface area contributed by atoms with Crippen molar-refractivity contribution in [3.8, 4) is 6.07 Å². The molecule has 1 amide bonds. The molecule has 0 unspecified atom stereocenters. The van der Waals surface area contributed by atoms with Crippen molar-refractivity contribution >= 4 is 23.6 Å². The molecule has 0 spiro atoms. The quantitative estimate of drug-likeness (QED) is 0.584. The number of nitrogens with one attached hydrogen (secondary N) is 1. The molecular formula is C23H22N2O3S. The van der Waals surface area contributed by atoms with Crippen LogP contribution in [0.4, 0.5) is 0 Å².